The maximum absolute atomic E-state index is 12.4. The van der Waals surface area contributed by atoms with Gasteiger partial charge in [-0.05, 0) is 24.0 Å². The summed E-state index contributed by atoms with van der Waals surface area (Å²) in [6, 6.07) is 10.7. The Bertz CT molecular complexity index is 1030. The molecule has 144 valence electrons. The van der Waals surface area contributed by atoms with Crippen molar-refractivity contribution in [3.05, 3.63) is 58.5 Å². The van der Waals surface area contributed by atoms with Crippen molar-refractivity contribution in [2.75, 3.05) is 25.2 Å². The molecule has 0 radical (unpaired) electrons. The van der Waals surface area contributed by atoms with Gasteiger partial charge in [-0.3, -0.25) is 14.6 Å². The van der Waals surface area contributed by atoms with Gasteiger partial charge in [0.05, 0.1) is 5.56 Å². The van der Waals surface area contributed by atoms with Crippen molar-refractivity contribution in [1.29, 1.82) is 0 Å². The smallest absolute Gasteiger partial charge is 0.278 e. The van der Waals surface area contributed by atoms with Crippen LogP contribution in [0.4, 0.5) is 11.5 Å². The molecule has 0 aliphatic carbocycles. The summed E-state index contributed by atoms with van der Waals surface area (Å²) in [6.45, 7) is 1.97. The minimum atomic E-state index is -0.305. The molecule has 2 N–H and O–H groups in total. The van der Waals surface area contributed by atoms with Crippen molar-refractivity contribution in [2.45, 2.75) is 12.1 Å². The van der Waals surface area contributed by atoms with Crippen LogP contribution < -0.4 is 10.9 Å². The van der Waals surface area contributed by atoms with Gasteiger partial charge in [0.1, 0.15) is 5.82 Å². The van der Waals surface area contributed by atoms with Gasteiger partial charge >= 0.3 is 0 Å². The normalized spacial score (nSPS) is 10.5. The summed E-state index contributed by atoms with van der Waals surface area (Å²) in [7, 11) is 3.38. The Kier molecular flexibility index (Phi) is 6.05. The van der Waals surface area contributed by atoms with Gasteiger partial charge < -0.3 is 10.2 Å². The van der Waals surface area contributed by atoms with Crippen molar-refractivity contribution in [3.8, 4) is 11.3 Å². The molecule has 3 aromatic rings. The number of nitrogens with zero attached hydrogens (tertiary/aromatic N) is 4. The van der Waals surface area contributed by atoms with E-state index in [1.54, 1.807) is 32.3 Å². The summed E-state index contributed by atoms with van der Waals surface area (Å²) >= 11 is 1.42. The fraction of sp³-hybridized carbons (Fsp3) is 0.211. The number of carbonyl (C=O) groups is 1. The highest BCUT2D eigenvalue weighted by atomic mass is 32.2. The molecule has 0 atom stereocenters. The van der Waals surface area contributed by atoms with Crippen LogP contribution in [-0.2, 0) is 0 Å². The number of carbonyl (C=O) groups excluding carboxylic acids is 1. The SMILES string of the molecule is CCSc1nnc(-c2ccccc2Nc2ccc(C(=O)N(C)C)cn2)c(=O)[nH]1. The number of nitrogens with one attached hydrogen (secondary N) is 2. The molecule has 3 rings (SSSR count). The van der Waals surface area contributed by atoms with Crippen molar-refractivity contribution in [2.24, 2.45) is 0 Å². The molecule has 0 bridgehead atoms. The minimum Gasteiger partial charge on any atom is -0.345 e. The largest absolute Gasteiger partial charge is 0.345 e. The molecule has 1 aromatic carbocycles. The predicted molar refractivity (Wildman–Crippen MR) is 110 cm³/mol. The molecule has 0 aliphatic heterocycles. The Morgan fingerprint density at radius 2 is 1.96 bits per heavy atom. The third-order valence-corrected chi connectivity index (χ3v) is 4.56. The molecule has 2 aromatic heterocycles. The van der Waals surface area contributed by atoms with E-state index in [0.717, 1.165) is 5.75 Å². The van der Waals surface area contributed by atoms with Crippen LogP contribution >= 0.6 is 11.8 Å². The first kappa shape index (κ1) is 19.6. The Balaban J connectivity index is 1.89. The maximum atomic E-state index is 12.4. The van der Waals surface area contributed by atoms with Gasteiger partial charge in [0.25, 0.3) is 11.5 Å². The lowest BCUT2D eigenvalue weighted by Gasteiger charge is -2.12. The molecule has 28 heavy (non-hydrogen) atoms. The third-order valence-electron chi connectivity index (χ3n) is 3.82. The van der Waals surface area contributed by atoms with E-state index < -0.39 is 0 Å². The molecule has 8 nitrogen and oxygen atoms in total. The monoisotopic (exact) mass is 396 g/mol. The van der Waals surface area contributed by atoms with E-state index in [2.05, 4.69) is 25.5 Å². The average Bonchev–Trinajstić information content (AvgIpc) is 2.69. The molecule has 0 aliphatic rings. The molecule has 0 saturated heterocycles. The number of anilines is 2. The van der Waals surface area contributed by atoms with Crippen molar-refractivity contribution in [3.63, 3.8) is 0 Å². The number of rotatable bonds is 6. The molecule has 9 heteroatoms. The Morgan fingerprint density at radius 3 is 2.61 bits per heavy atom. The number of H-pyrrole nitrogens is 1. The van der Waals surface area contributed by atoms with E-state index in [0.29, 0.717) is 27.8 Å². The van der Waals surface area contributed by atoms with E-state index in [-0.39, 0.29) is 17.2 Å². The Morgan fingerprint density at radius 1 is 1.18 bits per heavy atom. The topological polar surface area (TPSA) is 104 Å². The van der Waals surface area contributed by atoms with Crippen LogP contribution in [0, 0.1) is 0 Å². The lowest BCUT2D eigenvalue weighted by Crippen LogP contribution is -2.21. The number of pyridine rings is 1. The molecule has 0 unspecified atom stereocenters. The van der Waals surface area contributed by atoms with Gasteiger partial charge in [-0.1, -0.05) is 36.9 Å². The van der Waals surface area contributed by atoms with Gasteiger partial charge in [0.2, 0.25) is 0 Å². The van der Waals surface area contributed by atoms with Crippen LogP contribution in [0.25, 0.3) is 11.3 Å². The Hall–Kier alpha value is -3.20. The zero-order chi connectivity index (χ0) is 20.1. The summed E-state index contributed by atoms with van der Waals surface area (Å²) in [5, 5.41) is 11.8. The molecule has 0 spiro atoms. The highest BCUT2D eigenvalue weighted by Crippen LogP contribution is 2.26. The molecule has 0 saturated carbocycles. The fourth-order valence-electron chi connectivity index (χ4n) is 2.49. The highest BCUT2D eigenvalue weighted by molar-refractivity contribution is 7.99. The quantitative estimate of drug-likeness (QED) is 0.617. The number of aromatic nitrogens is 4. The second-order valence-electron chi connectivity index (χ2n) is 6.04. The second kappa shape index (κ2) is 8.66. The predicted octanol–water partition coefficient (Wildman–Crippen LogP) is 2.78. The van der Waals surface area contributed by atoms with E-state index in [4.69, 9.17) is 0 Å². The van der Waals surface area contributed by atoms with Gasteiger partial charge in [-0.25, -0.2) is 4.98 Å². The number of hydrogen-bond acceptors (Lipinski definition) is 7. The highest BCUT2D eigenvalue weighted by Gasteiger charge is 2.13. The van der Waals surface area contributed by atoms with Crippen molar-refractivity contribution in [1.82, 2.24) is 25.1 Å². The molecule has 2 heterocycles. The fourth-order valence-corrected chi connectivity index (χ4v) is 3.03. The molecular weight excluding hydrogens is 376 g/mol. The van der Waals surface area contributed by atoms with Crippen LogP contribution in [0.2, 0.25) is 0 Å². The lowest BCUT2D eigenvalue weighted by molar-refractivity contribution is 0.0827. The summed E-state index contributed by atoms with van der Waals surface area (Å²) in [5.74, 6) is 1.22. The molecular formula is C19H20N6O2S. The van der Waals surface area contributed by atoms with Crippen LogP contribution in [0.15, 0.2) is 52.5 Å². The summed E-state index contributed by atoms with van der Waals surface area (Å²) in [6.07, 6.45) is 1.51. The first-order valence-electron chi connectivity index (χ1n) is 8.63. The minimum absolute atomic E-state index is 0.119. The lowest BCUT2D eigenvalue weighted by atomic mass is 10.1. The molecule has 0 fully saturated rings. The first-order valence-corrected chi connectivity index (χ1v) is 9.62. The van der Waals surface area contributed by atoms with Gasteiger partial charge in [0.15, 0.2) is 10.9 Å². The summed E-state index contributed by atoms with van der Waals surface area (Å²) in [5.41, 5.74) is 1.69. The average molecular weight is 396 g/mol. The number of hydrogen-bond donors (Lipinski definition) is 2. The zero-order valence-corrected chi connectivity index (χ0v) is 16.6. The van der Waals surface area contributed by atoms with Crippen LogP contribution in [0.1, 0.15) is 17.3 Å². The number of benzene rings is 1. The number of thioether (sulfide) groups is 1. The van der Waals surface area contributed by atoms with E-state index >= 15 is 0 Å². The first-order chi connectivity index (χ1) is 13.5. The third kappa shape index (κ3) is 4.37. The van der Waals surface area contributed by atoms with Crippen LogP contribution in [0.3, 0.4) is 0 Å². The summed E-state index contributed by atoms with van der Waals surface area (Å²) < 4.78 is 0. The maximum Gasteiger partial charge on any atom is 0.278 e. The van der Waals surface area contributed by atoms with E-state index in [1.165, 1.54) is 22.9 Å². The zero-order valence-electron chi connectivity index (χ0n) is 15.8. The van der Waals surface area contributed by atoms with E-state index in [9.17, 15) is 9.59 Å². The van der Waals surface area contributed by atoms with Crippen molar-refractivity contribution >= 4 is 29.2 Å². The Labute approximate surface area is 166 Å². The van der Waals surface area contributed by atoms with Crippen LogP contribution in [-0.4, -0.2) is 50.8 Å². The van der Waals surface area contributed by atoms with E-state index in [1.807, 2.05) is 25.1 Å². The van der Waals surface area contributed by atoms with Gasteiger partial charge in [-0.2, -0.15) is 0 Å². The van der Waals surface area contributed by atoms with Gasteiger partial charge in [0, 0.05) is 31.5 Å². The van der Waals surface area contributed by atoms with Crippen molar-refractivity contribution < 1.29 is 4.79 Å². The van der Waals surface area contributed by atoms with Gasteiger partial charge in [-0.15, -0.1) is 10.2 Å². The van der Waals surface area contributed by atoms with Crippen LogP contribution in [0.5, 0.6) is 0 Å². The number of amides is 1. The number of aromatic amines is 1. The second-order valence-corrected chi connectivity index (χ2v) is 7.30. The standard InChI is InChI=1S/C19H20N6O2S/c1-4-28-19-22-17(26)16(23-24-19)13-7-5-6-8-14(13)21-15-10-9-12(11-20-15)18(27)25(2)3/h5-11H,4H2,1-3H3,(H,20,21)(H,22,24,26). The molecule has 1 amide bonds. The summed E-state index contributed by atoms with van der Waals surface area (Å²) in [4.78, 5) is 32.9. The number of para-hydroxylation sites is 1.